The molecule has 4 rings (SSSR count). The summed E-state index contributed by atoms with van der Waals surface area (Å²) in [5.74, 6) is 0.894. The summed E-state index contributed by atoms with van der Waals surface area (Å²) in [6.45, 7) is 6.58. The number of carbonyl (C=O) groups is 1. The zero-order valence-electron chi connectivity index (χ0n) is 19.6. The summed E-state index contributed by atoms with van der Waals surface area (Å²) < 4.78 is 9.96. The van der Waals surface area contributed by atoms with Crippen LogP contribution in [0.5, 0.6) is 0 Å². The lowest BCUT2D eigenvalue weighted by Crippen LogP contribution is -2.38. The second-order valence-corrected chi connectivity index (χ2v) is 9.20. The van der Waals surface area contributed by atoms with Crippen LogP contribution in [0, 0.1) is 0 Å². The number of aromatic nitrogens is 2. The highest BCUT2D eigenvalue weighted by Gasteiger charge is 2.16. The Balaban J connectivity index is 1.29. The Bertz CT molecular complexity index is 993. The summed E-state index contributed by atoms with van der Waals surface area (Å²) in [5.41, 5.74) is 2.38. The van der Waals surface area contributed by atoms with Crippen molar-refractivity contribution in [3.63, 3.8) is 0 Å². The Morgan fingerprint density at radius 3 is 2.47 bits per heavy atom. The fraction of sp³-hybridized carbons (Fsp3) is 0.423. The molecule has 1 amide bonds. The number of ether oxygens (including phenoxy) is 1. The molecule has 1 fully saturated rings. The van der Waals surface area contributed by atoms with E-state index in [1.54, 1.807) is 0 Å². The number of anilines is 1. The van der Waals surface area contributed by atoms with Crippen molar-refractivity contribution in [3.8, 4) is 0 Å². The molecule has 0 atom stereocenters. The minimum absolute atomic E-state index is 0.0778. The van der Waals surface area contributed by atoms with E-state index in [0.29, 0.717) is 32.5 Å². The summed E-state index contributed by atoms with van der Waals surface area (Å²) in [7, 11) is 0. The van der Waals surface area contributed by atoms with Gasteiger partial charge in [-0.2, -0.15) is 4.37 Å². The molecule has 2 aromatic carbocycles. The van der Waals surface area contributed by atoms with Gasteiger partial charge in [0, 0.05) is 57.1 Å². The standard InChI is InChI=1S/C26H33N5O2S/c32-25(27-13-7-14-30-16-18-33-19-17-30)12-15-31(21-23-10-5-2-6-11-23)26-28-24(29-34-26)20-22-8-3-1-4-9-22/h1-6,8-11H,7,12-21H2,(H,27,32). The van der Waals surface area contributed by atoms with Gasteiger partial charge in [0.05, 0.1) is 13.2 Å². The van der Waals surface area contributed by atoms with Crippen LogP contribution in [0.15, 0.2) is 60.7 Å². The van der Waals surface area contributed by atoms with Crippen LogP contribution in [0.1, 0.15) is 29.8 Å². The van der Waals surface area contributed by atoms with E-state index < -0.39 is 0 Å². The van der Waals surface area contributed by atoms with Gasteiger partial charge in [0.15, 0.2) is 0 Å². The van der Waals surface area contributed by atoms with Crippen LogP contribution in [-0.2, 0) is 22.5 Å². The lowest BCUT2D eigenvalue weighted by Gasteiger charge is -2.26. The van der Waals surface area contributed by atoms with Crippen LogP contribution in [-0.4, -0.2) is 66.1 Å². The Morgan fingerprint density at radius 2 is 1.74 bits per heavy atom. The third-order valence-electron chi connectivity index (χ3n) is 5.83. The first-order valence-electron chi connectivity index (χ1n) is 12.0. The molecule has 0 saturated carbocycles. The van der Waals surface area contributed by atoms with Crippen molar-refractivity contribution in [2.24, 2.45) is 0 Å². The monoisotopic (exact) mass is 479 g/mol. The first kappa shape index (κ1) is 24.3. The molecule has 2 heterocycles. The third kappa shape index (κ3) is 7.90. The van der Waals surface area contributed by atoms with Gasteiger partial charge in [0.2, 0.25) is 11.0 Å². The normalized spacial score (nSPS) is 14.1. The van der Waals surface area contributed by atoms with Gasteiger partial charge in [-0.15, -0.1) is 0 Å². The molecule has 34 heavy (non-hydrogen) atoms. The van der Waals surface area contributed by atoms with E-state index in [0.717, 1.165) is 50.2 Å². The summed E-state index contributed by atoms with van der Waals surface area (Å²) in [5, 5.41) is 3.93. The van der Waals surface area contributed by atoms with E-state index in [1.807, 2.05) is 36.4 Å². The maximum Gasteiger partial charge on any atom is 0.221 e. The molecule has 7 nitrogen and oxygen atoms in total. The van der Waals surface area contributed by atoms with Crippen LogP contribution in [0.3, 0.4) is 0 Å². The smallest absolute Gasteiger partial charge is 0.221 e. The Labute approximate surface area is 205 Å². The molecule has 180 valence electrons. The highest BCUT2D eigenvalue weighted by molar-refractivity contribution is 7.09. The number of amides is 1. The predicted octanol–water partition coefficient (Wildman–Crippen LogP) is 3.36. The Kier molecular flexibility index (Phi) is 9.42. The molecule has 1 N–H and O–H groups in total. The fourth-order valence-electron chi connectivity index (χ4n) is 3.95. The second kappa shape index (κ2) is 13.2. The minimum Gasteiger partial charge on any atom is -0.379 e. The molecule has 1 aromatic heterocycles. The first-order chi connectivity index (χ1) is 16.8. The molecule has 8 heteroatoms. The van der Waals surface area contributed by atoms with Crippen LogP contribution < -0.4 is 10.2 Å². The summed E-state index contributed by atoms with van der Waals surface area (Å²) in [6, 6.07) is 20.5. The zero-order chi connectivity index (χ0) is 23.4. The Morgan fingerprint density at radius 1 is 1.03 bits per heavy atom. The number of nitrogens with one attached hydrogen (secondary N) is 1. The molecule has 0 aliphatic carbocycles. The Hall–Kier alpha value is -2.81. The highest BCUT2D eigenvalue weighted by Crippen LogP contribution is 2.21. The number of benzene rings is 2. The summed E-state index contributed by atoms with van der Waals surface area (Å²) >= 11 is 1.40. The van der Waals surface area contributed by atoms with Crippen LogP contribution in [0.25, 0.3) is 0 Å². The highest BCUT2D eigenvalue weighted by atomic mass is 32.1. The lowest BCUT2D eigenvalue weighted by molar-refractivity contribution is -0.120. The molecule has 0 radical (unpaired) electrons. The quantitative estimate of drug-likeness (QED) is 0.402. The number of morpholine rings is 1. The van der Waals surface area contributed by atoms with Gasteiger partial charge in [0.1, 0.15) is 5.82 Å². The molecule has 0 unspecified atom stereocenters. The molecule has 1 saturated heterocycles. The van der Waals surface area contributed by atoms with Crippen molar-refractivity contribution < 1.29 is 9.53 Å². The van der Waals surface area contributed by atoms with Gasteiger partial charge in [-0.1, -0.05) is 60.7 Å². The fourth-order valence-corrected chi connectivity index (χ4v) is 4.66. The van der Waals surface area contributed by atoms with Crippen molar-refractivity contribution in [2.45, 2.75) is 25.8 Å². The maximum absolute atomic E-state index is 12.5. The topological polar surface area (TPSA) is 70.6 Å². The van der Waals surface area contributed by atoms with Gasteiger partial charge in [0.25, 0.3) is 0 Å². The van der Waals surface area contributed by atoms with E-state index >= 15 is 0 Å². The number of hydrogen-bond donors (Lipinski definition) is 1. The first-order valence-corrected chi connectivity index (χ1v) is 12.8. The van der Waals surface area contributed by atoms with Gasteiger partial charge >= 0.3 is 0 Å². The van der Waals surface area contributed by atoms with Crippen molar-refractivity contribution in [1.29, 1.82) is 0 Å². The zero-order valence-corrected chi connectivity index (χ0v) is 20.4. The average Bonchev–Trinajstić information content (AvgIpc) is 3.34. The third-order valence-corrected chi connectivity index (χ3v) is 6.65. The van der Waals surface area contributed by atoms with Crippen molar-refractivity contribution in [3.05, 3.63) is 77.6 Å². The molecule has 1 aliphatic heterocycles. The van der Waals surface area contributed by atoms with E-state index in [2.05, 4.69) is 43.8 Å². The largest absolute Gasteiger partial charge is 0.379 e. The molecular weight excluding hydrogens is 446 g/mol. The van der Waals surface area contributed by atoms with Gasteiger partial charge in [-0.05, 0) is 24.1 Å². The van der Waals surface area contributed by atoms with Gasteiger partial charge in [-0.3, -0.25) is 9.69 Å². The van der Waals surface area contributed by atoms with E-state index in [4.69, 9.17) is 9.72 Å². The van der Waals surface area contributed by atoms with Crippen molar-refractivity contribution >= 4 is 22.6 Å². The minimum atomic E-state index is 0.0778. The molecule has 1 aliphatic rings. The van der Waals surface area contributed by atoms with E-state index in [1.165, 1.54) is 22.7 Å². The summed E-state index contributed by atoms with van der Waals surface area (Å²) in [4.78, 5) is 21.9. The van der Waals surface area contributed by atoms with E-state index in [9.17, 15) is 4.79 Å². The summed E-state index contributed by atoms with van der Waals surface area (Å²) in [6.07, 6.45) is 2.09. The number of rotatable bonds is 12. The number of nitrogens with zero attached hydrogens (tertiary/aromatic N) is 4. The van der Waals surface area contributed by atoms with Gasteiger partial charge in [-0.25, -0.2) is 4.98 Å². The predicted molar refractivity (Wildman–Crippen MR) is 136 cm³/mol. The SMILES string of the molecule is O=C(CCN(Cc1ccccc1)c1nc(Cc2ccccc2)ns1)NCCCN1CCOCC1. The van der Waals surface area contributed by atoms with Gasteiger partial charge < -0.3 is 15.0 Å². The average molecular weight is 480 g/mol. The van der Waals surface area contributed by atoms with Crippen LogP contribution in [0.2, 0.25) is 0 Å². The molecule has 0 bridgehead atoms. The number of hydrogen-bond acceptors (Lipinski definition) is 7. The van der Waals surface area contributed by atoms with Crippen LogP contribution in [0.4, 0.5) is 5.13 Å². The second-order valence-electron chi connectivity index (χ2n) is 8.47. The van der Waals surface area contributed by atoms with Crippen molar-refractivity contribution in [1.82, 2.24) is 19.6 Å². The van der Waals surface area contributed by atoms with Crippen LogP contribution >= 0.6 is 11.5 Å². The number of carbonyl (C=O) groups excluding carboxylic acids is 1. The maximum atomic E-state index is 12.5. The van der Waals surface area contributed by atoms with E-state index in [-0.39, 0.29) is 5.91 Å². The molecular formula is C26H33N5O2S. The lowest BCUT2D eigenvalue weighted by atomic mass is 10.1. The molecule has 3 aromatic rings. The molecule has 0 spiro atoms. The van der Waals surface area contributed by atoms with Crippen molar-refractivity contribution in [2.75, 3.05) is 50.8 Å².